The van der Waals surface area contributed by atoms with Crippen LogP contribution in [0.5, 0.6) is 11.5 Å². The fourth-order valence-corrected chi connectivity index (χ4v) is 3.13. The van der Waals surface area contributed by atoms with Crippen molar-refractivity contribution in [3.05, 3.63) is 48.3 Å². The first-order valence-electron chi connectivity index (χ1n) is 8.33. The Morgan fingerprint density at radius 1 is 1.21 bits per heavy atom. The number of carbonyl (C=O) groups excluding carboxylic acids is 1. The van der Waals surface area contributed by atoms with Gasteiger partial charge in [0.05, 0.1) is 20.0 Å². The molecular formula is C18H20N6O3S. The number of thioether (sulfide) groups is 1. The molecule has 0 fully saturated rings. The molecule has 1 amide bonds. The van der Waals surface area contributed by atoms with Crippen LogP contribution in [-0.4, -0.2) is 45.7 Å². The maximum absolute atomic E-state index is 12.2. The van der Waals surface area contributed by atoms with Gasteiger partial charge in [-0.15, -0.1) is 10.2 Å². The molecule has 9 nitrogen and oxygen atoms in total. The zero-order chi connectivity index (χ0) is 19.9. The third-order valence-corrected chi connectivity index (χ3v) is 4.80. The molecule has 2 aromatic heterocycles. The number of rotatable bonds is 8. The van der Waals surface area contributed by atoms with Gasteiger partial charge in [-0.25, -0.2) is 4.68 Å². The molecule has 0 unspecified atom stereocenters. The smallest absolute Gasteiger partial charge is 0.230 e. The molecule has 0 aliphatic rings. The van der Waals surface area contributed by atoms with Gasteiger partial charge in [-0.05, 0) is 29.8 Å². The summed E-state index contributed by atoms with van der Waals surface area (Å²) in [7, 11) is 3.14. The van der Waals surface area contributed by atoms with Crippen molar-refractivity contribution in [2.75, 3.05) is 25.8 Å². The van der Waals surface area contributed by atoms with Crippen LogP contribution in [0.4, 0.5) is 0 Å². The first kappa shape index (κ1) is 19.5. The van der Waals surface area contributed by atoms with E-state index in [1.54, 1.807) is 38.7 Å². The average molecular weight is 400 g/mol. The molecule has 0 spiro atoms. The molecule has 0 saturated heterocycles. The highest BCUT2D eigenvalue weighted by Gasteiger charge is 2.14. The van der Waals surface area contributed by atoms with Gasteiger partial charge < -0.3 is 20.6 Å². The topological polar surface area (TPSA) is 117 Å². The number of carbonyl (C=O) groups is 1. The molecule has 2 heterocycles. The Morgan fingerprint density at radius 3 is 2.75 bits per heavy atom. The minimum Gasteiger partial charge on any atom is -0.493 e. The summed E-state index contributed by atoms with van der Waals surface area (Å²) in [5.74, 6) is 7.79. The van der Waals surface area contributed by atoms with Crippen LogP contribution >= 0.6 is 11.8 Å². The number of pyridine rings is 1. The molecule has 0 aliphatic heterocycles. The Labute approximate surface area is 166 Å². The van der Waals surface area contributed by atoms with Crippen LogP contribution in [0.1, 0.15) is 5.56 Å². The fraction of sp³-hybridized carbons (Fsp3) is 0.222. The summed E-state index contributed by atoms with van der Waals surface area (Å²) in [6, 6.07) is 9.11. The van der Waals surface area contributed by atoms with E-state index in [1.165, 1.54) is 16.4 Å². The number of ether oxygens (including phenoxy) is 2. The summed E-state index contributed by atoms with van der Waals surface area (Å²) >= 11 is 1.21. The zero-order valence-corrected chi connectivity index (χ0v) is 16.3. The van der Waals surface area contributed by atoms with E-state index in [0.717, 1.165) is 11.1 Å². The number of aromatic nitrogens is 4. The quantitative estimate of drug-likeness (QED) is 0.431. The molecule has 146 valence electrons. The number of hydrogen-bond donors (Lipinski definition) is 2. The van der Waals surface area contributed by atoms with Crippen molar-refractivity contribution in [3.63, 3.8) is 0 Å². The fourth-order valence-electron chi connectivity index (χ4n) is 2.44. The maximum Gasteiger partial charge on any atom is 0.230 e. The molecule has 0 aliphatic carbocycles. The lowest BCUT2D eigenvalue weighted by atomic mass is 10.2. The van der Waals surface area contributed by atoms with Gasteiger partial charge in [0.1, 0.15) is 0 Å². The predicted octanol–water partition coefficient (Wildman–Crippen LogP) is 1.48. The molecule has 0 radical (unpaired) electrons. The van der Waals surface area contributed by atoms with Crippen LogP contribution in [0.15, 0.2) is 47.9 Å². The van der Waals surface area contributed by atoms with Gasteiger partial charge in [0.25, 0.3) is 0 Å². The summed E-state index contributed by atoms with van der Waals surface area (Å²) in [5, 5.41) is 11.4. The number of methoxy groups -OCH3 is 2. The highest BCUT2D eigenvalue weighted by atomic mass is 32.2. The monoisotopic (exact) mass is 400 g/mol. The number of amides is 1. The lowest BCUT2D eigenvalue weighted by molar-refractivity contribution is -0.118. The second-order valence-corrected chi connectivity index (χ2v) is 6.62. The Morgan fingerprint density at radius 2 is 2.04 bits per heavy atom. The van der Waals surface area contributed by atoms with Gasteiger partial charge in [-0.2, -0.15) is 0 Å². The van der Waals surface area contributed by atoms with Crippen LogP contribution in [0.2, 0.25) is 0 Å². The predicted molar refractivity (Wildman–Crippen MR) is 106 cm³/mol. The SMILES string of the molecule is COc1ccc(CNC(=O)CSc2nnc(-c3cccnc3)n2N)cc1OC. The highest BCUT2D eigenvalue weighted by molar-refractivity contribution is 7.99. The van der Waals surface area contributed by atoms with E-state index in [0.29, 0.717) is 29.0 Å². The van der Waals surface area contributed by atoms with E-state index in [4.69, 9.17) is 15.3 Å². The molecule has 10 heteroatoms. The summed E-state index contributed by atoms with van der Waals surface area (Å²) in [5.41, 5.74) is 1.65. The molecule has 1 aromatic carbocycles. The van der Waals surface area contributed by atoms with Gasteiger partial charge >= 0.3 is 0 Å². The molecule has 0 saturated carbocycles. The van der Waals surface area contributed by atoms with Gasteiger partial charge in [-0.1, -0.05) is 17.8 Å². The van der Waals surface area contributed by atoms with Gasteiger partial charge in [-0.3, -0.25) is 9.78 Å². The lowest BCUT2D eigenvalue weighted by Gasteiger charge is -2.10. The minimum absolute atomic E-state index is 0.147. The van der Waals surface area contributed by atoms with Gasteiger partial charge in [0.2, 0.25) is 11.1 Å². The van der Waals surface area contributed by atoms with Crippen LogP contribution in [0.25, 0.3) is 11.4 Å². The number of nitrogens with one attached hydrogen (secondary N) is 1. The lowest BCUT2D eigenvalue weighted by Crippen LogP contribution is -2.25. The van der Waals surface area contributed by atoms with Gasteiger partial charge in [0, 0.05) is 24.5 Å². The van der Waals surface area contributed by atoms with Crippen molar-refractivity contribution < 1.29 is 14.3 Å². The van der Waals surface area contributed by atoms with Crippen molar-refractivity contribution in [1.29, 1.82) is 0 Å². The van der Waals surface area contributed by atoms with Crippen molar-refractivity contribution in [1.82, 2.24) is 25.2 Å². The third-order valence-electron chi connectivity index (χ3n) is 3.85. The van der Waals surface area contributed by atoms with Crippen LogP contribution in [0, 0.1) is 0 Å². The van der Waals surface area contributed by atoms with Crippen molar-refractivity contribution in [2.45, 2.75) is 11.7 Å². The van der Waals surface area contributed by atoms with E-state index in [1.807, 2.05) is 18.2 Å². The largest absolute Gasteiger partial charge is 0.493 e. The molecule has 0 atom stereocenters. The maximum atomic E-state index is 12.2. The summed E-state index contributed by atoms with van der Waals surface area (Å²) in [4.78, 5) is 16.2. The van der Waals surface area contributed by atoms with Gasteiger partial charge in [0.15, 0.2) is 17.3 Å². The normalized spacial score (nSPS) is 10.5. The minimum atomic E-state index is -0.147. The number of benzene rings is 1. The molecule has 3 rings (SSSR count). The van der Waals surface area contributed by atoms with Crippen molar-refractivity contribution in [3.8, 4) is 22.9 Å². The molecule has 0 bridgehead atoms. The summed E-state index contributed by atoms with van der Waals surface area (Å²) in [6.45, 7) is 0.371. The first-order valence-corrected chi connectivity index (χ1v) is 9.32. The molecular weight excluding hydrogens is 380 g/mol. The number of nitrogen functional groups attached to an aromatic ring is 1. The molecule has 3 N–H and O–H groups in total. The second kappa shape index (κ2) is 9.09. The van der Waals surface area contributed by atoms with Crippen LogP contribution in [0.3, 0.4) is 0 Å². The standard InChI is InChI=1S/C18H20N6O3S/c1-26-14-6-5-12(8-15(14)27-2)9-21-16(25)11-28-18-23-22-17(24(18)19)13-4-3-7-20-10-13/h3-8,10H,9,11,19H2,1-2H3,(H,21,25). The second-order valence-electron chi connectivity index (χ2n) is 5.67. The Kier molecular flexibility index (Phi) is 6.33. The Bertz CT molecular complexity index is 948. The zero-order valence-electron chi connectivity index (χ0n) is 15.5. The van der Waals surface area contributed by atoms with Crippen LogP contribution < -0.4 is 20.6 Å². The highest BCUT2D eigenvalue weighted by Crippen LogP contribution is 2.27. The average Bonchev–Trinajstić information content (AvgIpc) is 3.11. The first-order chi connectivity index (χ1) is 13.6. The van der Waals surface area contributed by atoms with Crippen molar-refractivity contribution in [2.24, 2.45) is 0 Å². The number of nitrogens with zero attached hydrogens (tertiary/aromatic N) is 4. The van der Waals surface area contributed by atoms with Crippen LogP contribution in [-0.2, 0) is 11.3 Å². The van der Waals surface area contributed by atoms with Crippen molar-refractivity contribution >= 4 is 17.7 Å². The van der Waals surface area contributed by atoms with E-state index < -0.39 is 0 Å². The van der Waals surface area contributed by atoms with E-state index in [-0.39, 0.29) is 11.7 Å². The number of nitrogens with two attached hydrogens (primary N) is 1. The summed E-state index contributed by atoms with van der Waals surface area (Å²) in [6.07, 6.45) is 3.32. The van der Waals surface area contributed by atoms with E-state index in [9.17, 15) is 4.79 Å². The third kappa shape index (κ3) is 4.52. The number of hydrogen-bond acceptors (Lipinski definition) is 8. The Hall–Kier alpha value is -3.27. The summed E-state index contributed by atoms with van der Waals surface area (Å²) < 4.78 is 11.8. The van der Waals surface area contributed by atoms with E-state index in [2.05, 4.69) is 20.5 Å². The molecule has 28 heavy (non-hydrogen) atoms. The Balaban J connectivity index is 1.55. The molecule has 3 aromatic rings. The van der Waals surface area contributed by atoms with E-state index >= 15 is 0 Å².